The van der Waals surface area contributed by atoms with Gasteiger partial charge in [-0.3, -0.25) is 0 Å². The third kappa shape index (κ3) is 3.62. The van der Waals surface area contributed by atoms with Crippen LogP contribution in [0.25, 0.3) is 5.65 Å². The average molecular weight is 341 g/mol. The monoisotopic (exact) mass is 341 g/mol. The van der Waals surface area contributed by atoms with Crippen molar-refractivity contribution in [3.63, 3.8) is 0 Å². The summed E-state index contributed by atoms with van der Waals surface area (Å²) < 4.78 is 39.6. The number of aromatic nitrogens is 4. The van der Waals surface area contributed by atoms with Crippen LogP contribution in [-0.2, 0) is 6.18 Å². The molecule has 0 atom stereocenters. The van der Waals surface area contributed by atoms with Crippen molar-refractivity contribution >= 4 is 11.5 Å². The Labute approximate surface area is 138 Å². The predicted octanol–water partition coefficient (Wildman–Crippen LogP) is 3.80. The minimum absolute atomic E-state index is 0.109. The predicted molar refractivity (Wildman–Crippen MR) is 84.8 cm³/mol. The van der Waals surface area contributed by atoms with Gasteiger partial charge in [0.2, 0.25) is 0 Å². The Morgan fingerprint density at radius 1 is 1.17 bits per heavy atom. The number of fused-ring (bicyclic) bond motifs is 1. The molecule has 1 saturated heterocycles. The first-order valence-electron chi connectivity index (χ1n) is 8.39. The van der Waals surface area contributed by atoms with Crippen LogP contribution in [0.15, 0.2) is 12.1 Å². The molecule has 0 bridgehead atoms. The van der Waals surface area contributed by atoms with E-state index in [4.69, 9.17) is 0 Å². The highest BCUT2D eigenvalue weighted by Gasteiger charge is 2.37. The average Bonchev–Trinajstić information content (AvgIpc) is 2.96. The number of hydrogen-bond acceptors (Lipinski definition) is 4. The van der Waals surface area contributed by atoms with Gasteiger partial charge in [0, 0.05) is 13.1 Å². The molecule has 8 heteroatoms. The van der Waals surface area contributed by atoms with Gasteiger partial charge in [0.15, 0.2) is 5.65 Å². The number of anilines is 1. The Hall–Kier alpha value is -1.86. The van der Waals surface area contributed by atoms with E-state index in [1.54, 1.807) is 6.07 Å². The van der Waals surface area contributed by atoms with Crippen molar-refractivity contribution in [2.24, 2.45) is 11.8 Å². The van der Waals surface area contributed by atoms with Gasteiger partial charge in [0.1, 0.15) is 5.82 Å². The van der Waals surface area contributed by atoms with Crippen molar-refractivity contribution in [1.29, 1.82) is 0 Å². The first-order valence-corrected chi connectivity index (χ1v) is 8.39. The van der Waals surface area contributed by atoms with Crippen LogP contribution in [0.5, 0.6) is 0 Å². The Morgan fingerprint density at radius 2 is 1.88 bits per heavy atom. The summed E-state index contributed by atoms with van der Waals surface area (Å²) in [4.78, 5) is 2.05. The van der Waals surface area contributed by atoms with Gasteiger partial charge in [-0.25, -0.2) is 0 Å². The van der Waals surface area contributed by atoms with Gasteiger partial charge in [-0.1, -0.05) is 26.7 Å². The van der Waals surface area contributed by atoms with E-state index in [0.29, 0.717) is 17.7 Å². The van der Waals surface area contributed by atoms with Gasteiger partial charge in [-0.05, 0) is 36.8 Å². The Balaban J connectivity index is 1.72. The van der Waals surface area contributed by atoms with E-state index < -0.39 is 12.0 Å². The first-order chi connectivity index (χ1) is 11.3. The lowest BCUT2D eigenvalue weighted by Crippen LogP contribution is -2.34. The molecule has 1 aliphatic heterocycles. The molecule has 0 amide bonds. The maximum Gasteiger partial charge on any atom is 0.453 e. The smallest absolute Gasteiger partial charge is 0.355 e. The molecule has 3 heterocycles. The van der Waals surface area contributed by atoms with Gasteiger partial charge >= 0.3 is 6.18 Å². The minimum Gasteiger partial charge on any atom is -0.355 e. The maximum atomic E-state index is 12.9. The summed E-state index contributed by atoms with van der Waals surface area (Å²) in [6.07, 6.45) is 0.00250. The normalized spacial score (nSPS) is 17.2. The molecule has 2 aromatic rings. The van der Waals surface area contributed by atoms with Crippen LogP contribution in [-0.4, -0.2) is 32.9 Å². The molecule has 0 N–H and O–H groups in total. The summed E-state index contributed by atoms with van der Waals surface area (Å²) in [6.45, 7) is 6.10. The number of rotatable bonds is 4. The zero-order valence-electron chi connectivity index (χ0n) is 13.9. The van der Waals surface area contributed by atoms with Crippen LogP contribution in [0, 0.1) is 11.8 Å². The molecule has 3 rings (SSSR count). The van der Waals surface area contributed by atoms with E-state index >= 15 is 0 Å². The van der Waals surface area contributed by atoms with Crippen molar-refractivity contribution in [3.05, 3.63) is 18.0 Å². The van der Waals surface area contributed by atoms with Crippen LogP contribution in [0.2, 0.25) is 0 Å². The van der Waals surface area contributed by atoms with E-state index in [1.165, 1.54) is 18.9 Å². The molecule has 1 aliphatic rings. The summed E-state index contributed by atoms with van der Waals surface area (Å²) in [5, 5.41) is 10.9. The van der Waals surface area contributed by atoms with Crippen LogP contribution >= 0.6 is 0 Å². The standard InChI is InChI=1S/C16H22F3N5/c1-11(2)3-4-12-7-9-23(10-8-12)14-6-5-13-20-21-15(16(17,18)19)24(13)22-14/h5-6,11-12H,3-4,7-10H2,1-2H3. The number of alkyl halides is 3. The minimum atomic E-state index is -4.56. The molecule has 0 spiro atoms. The summed E-state index contributed by atoms with van der Waals surface area (Å²) in [5.41, 5.74) is 0.109. The molecule has 24 heavy (non-hydrogen) atoms. The third-order valence-corrected chi connectivity index (χ3v) is 4.59. The second-order valence-corrected chi connectivity index (χ2v) is 6.88. The van der Waals surface area contributed by atoms with Gasteiger partial charge in [-0.15, -0.1) is 15.3 Å². The molecule has 1 fully saturated rings. The van der Waals surface area contributed by atoms with E-state index in [-0.39, 0.29) is 5.65 Å². The maximum absolute atomic E-state index is 12.9. The largest absolute Gasteiger partial charge is 0.453 e. The number of nitrogens with zero attached hydrogens (tertiary/aromatic N) is 5. The second-order valence-electron chi connectivity index (χ2n) is 6.88. The van der Waals surface area contributed by atoms with E-state index in [2.05, 4.69) is 29.1 Å². The van der Waals surface area contributed by atoms with Gasteiger partial charge in [0.25, 0.3) is 5.82 Å². The van der Waals surface area contributed by atoms with Crippen LogP contribution < -0.4 is 4.90 Å². The molecule has 0 aliphatic carbocycles. The zero-order chi connectivity index (χ0) is 17.3. The number of halogens is 3. The van der Waals surface area contributed by atoms with Gasteiger partial charge < -0.3 is 4.90 Å². The molecular formula is C16H22F3N5. The fourth-order valence-corrected chi connectivity index (χ4v) is 3.14. The quantitative estimate of drug-likeness (QED) is 0.849. The van der Waals surface area contributed by atoms with Crippen LogP contribution in [0.4, 0.5) is 19.0 Å². The lowest BCUT2D eigenvalue weighted by Gasteiger charge is -2.33. The lowest BCUT2D eigenvalue weighted by molar-refractivity contribution is -0.146. The summed E-state index contributed by atoms with van der Waals surface area (Å²) in [5.74, 6) is 0.885. The highest BCUT2D eigenvalue weighted by molar-refractivity contribution is 5.46. The Morgan fingerprint density at radius 3 is 2.50 bits per heavy atom. The van der Waals surface area contributed by atoms with Crippen LogP contribution in [0.1, 0.15) is 45.4 Å². The highest BCUT2D eigenvalue weighted by Crippen LogP contribution is 2.29. The van der Waals surface area contributed by atoms with E-state index in [9.17, 15) is 13.2 Å². The molecule has 0 saturated carbocycles. The topological polar surface area (TPSA) is 46.3 Å². The molecule has 0 radical (unpaired) electrons. The molecule has 5 nitrogen and oxygen atoms in total. The van der Waals surface area contributed by atoms with Crippen molar-refractivity contribution in [1.82, 2.24) is 19.8 Å². The van der Waals surface area contributed by atoms with Gasteiger partial charge in [-0.2, -0.15) is 17.7 Å². The van der Waals surface area contributed by atoms with E-state index in [0.717, 1.165) is 30.4 Å². The highest BCUT2D eigenvalue weighted by atomic mass is 19.4. The number of piperidine rings is 1. The fraction of sp³-hybridized carbons (Fsp3) is 0.688. The molecular weight excluding hydrogens is 319 g/mol. The number of hydrogen-bond donors (Lipinski definition) is 0. The summed E-state index contributed by atoms with van der Waals surface area (Å²) in [6, 6.07) is 3.26. The Kier molecular flexibility index (Phi) is 4.64. The summed E-state index contributed by atoms with van der Waals surface area (Å²) >= 11 is 0. The van der Waals surface area contributed by atoms with E-state index in [1.807, 2.05) is 4.90 Å². The third-order valence-electron chi connectivity index (χ3n) is 4.59. The van der Waals surface area contributed by atoms with Crippen molar-refractivity contribution in [3.8, 4) is 0 Å². The van der Waals surface area contributed by atoms with Crippen molar-refractivity contribution in [2.45, 2.75) is 45.7 Å². The second kappa shape index (κ2) is 6.57. The fourth-order valence-electron chi connectivity index (χ4n) is 3.14. The molecule has 0 unspecified atom stereocenters. The Bertz CT molecular complexity index is 687. The first kappa shape index (κ1) is 17.0. The molecule has 132 valence electrons. The van der Waals surface area contributed by atoms with Gasteiger partial charge in [0.05, 0.1) is 0 Å². The summed E-state index contributed by atoms with van der Waals surface area (Å²) in [7, 11) is 0. The molecule has 2 aromatic heterocycles. The zero-order valence-corrected chi connectivity index (χ0v) is 13.9. The lowest BCUT2D eigenvalue weighted by atomic mass is 9.90. The SMILES string of the molecule is CC(C)CCC1CCN(c2ccc3nnc(C(F)(F)F)n3n2)CC1. The van der Waals surface area contributed by atoms with Crippen LogP contribution in [0.3, 0.4) is 0 Å². The van der Waals surface area contributed by atoms with Crippen molar-refractivity contribution < 1.29 is 13.2 Å². The van der Waals surface area contributed by atoms with Crippen molar-refractivity contribution in [2.75, 3.05) is 18.0 Å². The molecule has 0 aromatic carbocycles.